The lowest BCUT2D eigenvalue weighted by molar-refractivity contribution is -0.384. The summed E-state index contributed by atoms with van der Waals surface area (Å²) < 4.78 is 1.75. The van der Waals surface area contributed by atoms with Gasteiger partial charge in [-0.1, -0.05) is 12.1 Å². The van der Waals surface area contributed by atoms with Gasteiger partial charge < -0.3 is 5.11 Å². The van der Waals surface area contributed by atoms with E-state index in [1.54, 1.807) is 10.7 Å². The molecule has 0 bridgehead atoms. The van der Waals surface area contributed by atoms with Gasteiger partial charge in [-0.3, -0.25) is 14.8 Å². The molecule has 2 aromatic rings. The normalized spacial score (nSPS) is 10.7. The van der Waals surface area contributed by atoms with Crippen molar-refractivity contribution in [1.29, 1.82) is 0 Å². The number of aryl methyl sites for hydroxylation is 1. The van der Waals surface area contributed by atoms with Gasteiger partial charge in [0.15, 0.2) is 0 Å². The maximum Gasteiger partial charge on any atom is 0.269 e. The molecule has 0 aliphatic rings. The summed E-state index contributed by atoms with van der Waals surface area (Å²) in [7, 11) is 0. The molecule has 6 nitrogen and oxygen atoms in total. The van der Waals surface area contributed by atoms with Crippen LogP contribution in [0, 0.1) is 24.0 Å². The summed E-state index contributed by atoms with van der Waals surface area (Å²) in [6.45, 7) is 4.12. The standard InChI is InChI=1S/C13H15N3O3/c1-9-13(8-17)10(2)15(14-9)7-11-4-3-5-12(6-11)16(18)19/h3-6,17H,7-8H2,1-2H3. The van der Waals surface area contributed by atoms with Crippen LogP contribution in [0.2, 0.25) is 0 Å². The number of nitrogens with zero attached hydrogens (tertiary/aromatic N) is 3. The summed E-state index contributed by atoms with van der Waals surface area (Å²) in [6, 6.07) is 6.48. The molecular weight excluding hydrogens is 246 g/mol. The molecule has 1 aromatic heterocycles. The first-order valence-corrected chi connectivity index (χ1v) is 5.90. The zero-order valence-electron chi connectivity index (χ0n) is 10.8. The van der Waals surface area contributed by atoms with E-state index in [9.17, 15) is 15.2 Å². The zero-order valence-corrected chi connectivity index (χ0v) is 10.8. The van der Waals surface area contributed by atoms with Gasteiger partial charge in [-0.05, 0) is 19.4 Å². The van der Waals surface area contributed by atoms with Crippen molar-refractivity contribution in [3.05, 3.63) is 56.9 Å². The molecule has 1 aromatic carbocycles. The summed E-state index contributed by atoms with van der Waals surface area (Å²) in [6.07, 6.45) is 0. The Hall–Kier alpha value is -2.21. The molecule has 0 amide bonds. The third-order valence-corrected chi connectivity index (χ3v) is 3.14. The molecular formula is C13H15N3O3. The fourth-order valence-electron chi connectivity index (χ4n) is 2.06. The quantitative estimate of drug-likeness (QED) is 0.673. The lowest BCUT2D eigenvalue weighted by Crippen LogP contribution is -2.04. The van der Waals surface area contributed by atoms with Gasteiger partial charge in [0.25, 0.3) is 5.69 Å². The van der Waals surface area contributed by atoms with Crippen LogP contribution in [-0.2, 0) is 13.2 Å². The maximum absolute atomic E-state index is 10.7. The van der Waals surface area contributed by atoms with Gasteiger partial charge in [0.2, 0.25) is 0 Å². The van der Waals surface area contributed by atoms with Crippen molar-refractivity contribution in [3.63, 3.8) is 0 Å². The Morgan fingerprint density at radius 3 is 2.74 bits per heavy atom. The predicted octanol–water partition coefficient (Wildman–Crippen LogP) is 1.95. The van der Waals surface area contributed by atoms with Crippen LogP contribution in [0.25, 0.3) is 0 Å². The molecule has 0 saturated heterocycles. The van der Waals surface area contributed by atoms with Crippen LogP contribution in [0.3, 0.4) is 0 Å². The maximum atomic E-state index is 10.7. The molecule has 2 rings (SSSR count). The second-order valence-electron chi connectivity index (χ2n) is 4.39. The molecule has 19 heavy (non-hydrogen) atoms. The Kier molecular flexibility index (Phi) is 3.62. The van der Waals surface area contributed by atoms with Crippen molar-refractivity contribution in [2.24, 2.45) is 0 Å². The summed E-state index contributed by atoms with van der Waals surface area (Å²) in [5.41, 5.74) is 3.35. The van der Waals surface area contributed by atoms with Gasteiger partial charge in [0, 0.05) is 23.4 Å². The van der Waals surface area contributed by atoms with Crippen molar-refractivity contribution >= 4 is 5.69 Å². The summed E-state index contributed by atoms with van der Waals surface area (Å²) in [4.78, 5) is 10.3. The van der Waals surface area contributed by atoms with Gasteiger partial charge in [-0.2, -0.15) is 5.10 Å². The van der Waals surface area contributed by atoms with Crippen molar-refractivity contribution < 1.29 is 10.0 Å². The van der Waals surface area contributed by atoms with E-state index in [2.05, 4.69) is 5.10 Å². The largest absolute Gasteiger partial charge is 0.392 e. The molecule has 0 spiro atoms. The molecule has 0 atom stereocenters. The van der Waals surface area contributed by atoms with Gasteiger partial charge in [0.1, 0.15) is 0 Å². The number of non-ortho nitro benzene ring substituents is 1. The number of rotatable bonds is 4. The van der Waals surface area contributed by atoms with Crippen LogP contribution in [0.15, 0.2) is 24.3 Å². The highest BCUT2D eigenvalue weighted by molar-refractivity contribution is 5.34. The molecule has 100 valence electrons. The van der Waals surface area contributed by atoms with Crippen LogP contribution in [0.5, 0.6) is 0 Å². The highest BCUT2D eigenvalue weighted by atomic mass is 16.6. The Bertz CT molecular complexity index is 620. The number of hydrogen-bond acceptors (Lipinski definition) is 4. The molecule has 6 heteroatoms. The van der Waals surface area contributed by atoms with Crippen molar-refractivity contribution in [1.82, 2.24) is 9.78 Å². The first-order valence-electron chi connectivity index (χ1n) is 5.90. The van der Waals surface area contributed by atoms with E-state index in [1.165, 1.54) is 12.1 Å². The van der Waals surface area contributed by atoms with E-state index in [0.717, 1.165) is 22.5 Å². The first kappa shape index (κ1) is 13.2. The van der Waals surface area contributed by atoms with Crippen LogP contribution in [0.4, 0.5) is 5.69 Å². The molecule has 0 unspecified atom stereocenters. The average Bonchev–Trinajstić information content (AvgIpc) is 2.64. The van der Waals surface area contributed by atoms with E-state index >= 15 is 0 Å². The third-order valence-electron chi connectivity index (χ3n) is 3.14. The van der Waals surface area contributed by atoms with E-state index in [-0.39, 0.29) is 12.3 Å². The smallest absolute Gasteiger partial charge is 0.269 e. The second-order valence-corrected chi connectivity index (χ2v) is 4.39. The highest BCUT2D eigenvalue weighted by Gasteiger charge is 2.12. The Balaban J connectivity index is 2.31. The topological polar surface area (TPSA) is 81.2 Å². The van der Waals surface area contributed by atoms with Crippen LogP contribution >= 0.6 is 0 Å². The fourth-order valence-corrected chi connectivity index (χ4v) is 2.06. The Morgan fingerprint density at radius 1 is 1.42 bits per heavy atom. The number of hydrogen-bond donors (Lipinski definition) is 1. The fraction of sp³-hybridized carbons (Fsp3) is 0.308. The van der Waals surface area contributed by atoms with Crippen LogP contribution in [-0.4, -0.2) is 19.8 Å². The van der Waals surface area contributed by atoms with Crippen LogP contribution < -0.4 is 0 Å². The number of aromatic nitrogens is 2. The predicted molar refractivity (Wildman–Crippen MR) is 69.8 cm³/mol. The average molecular weight is 261 g/mol. The van der Waals surface area contributed by atoms with E-state index in [0.29, 0.717) is 6.54 Å². The number of aliphatic hydroxyl groups is 1. The van der Waals surface area contributed by atoms with Crippen molar-refractivity contribution in [2.45, 2.75) is 27.0 Å². The number of nitro groups is 1. The lowest BCUT2D eigenvalue weighted by atomic mass is 10.2. The van der Waals surface area contributed by atoms with Crippen molar-refractivity contribution in [2.75, 3.05) is 0 Å². The minimum absolute atomic E-state index is 0.0490. The SMILES string of the molecule is Cc1nn(Cc2cccc([N+](=O)[O-])c2)c(C)c1CO. The van der Waals surface area contributed by atoms with Gasteiger partial charge in [0.05, 0.1) is 23.8 Å². The van der Waals surface area contributed by atoms with Crippen molar-refractivity contribution in [3.8, 4) is 0 Å². The molecule has 0 aliphatic heterocycles. The lowest BCUT2D eigenvalue weighted by Gasteiger charge is -2.05. The van der Waals surface area contributed by atoms with E-state index in [4.69, 9.17) is 0 Å². The summed E-state index contributed by atoms with van der Waals surface area (Å²) in [5, 5.41) is 24.3. The van der Waals surface area contributed by atoms with E-state index < -0.39 is 4.92 Å². The van der Waals surface area contributed by atoms with Gasteiger partial charge in [-0.25, -0.2) is 0 Å². The highest BCUT2D eigenvalue weighted by Crippen LogP contribution is 2.17. The minimum atomic E-state index is -0.413. The van der Waals surface area contributed by atoms with Crippen LogP contribution in [0.1, 0.15) is 22.5 Å². The molecule has 0 aliphatic carbocycles. The number of benzene rings is 1. The molecule has 0 fully saturated rings. The number of nitro benzene ring substituents is 1. The molecule has 1 N–H and O–H groups in total. The Labute approximate surface area is 110 Å². The van der Waals surface area contributed by atoms with Gasteiger partial charge >= 0.3 is 0 Å². The van der Waals surface area contributed by atoms with Gasteiger partial charge in [-0.15, -0.1) is 0 Å². The monoisotopic (exact) mass is 261 g/mol. The number of aliphatic hydroxyl groups excluding tert-OH is 1. The summed E-state index contributed by atoms with van der Waals surface area (Å²) >= 11 is 0. The molecule has 1 heterocycles. The Morgan fingerprint density at radius 2 is 2.16 bits per heavy atom. The second kappa shape index (κ2) is 5.19. The minimum Gasteiger partial charge on any atom is -0.392 e. The molecule has 0 radical (unpaired) electrons. The third kappa shape index (κ3) is 2.63. The molecule has 0 saturated carbocycles. The summed E-state index contributed by atoms with van der Waals surface area (Å²) in [5.74, 6) is 0. The zero-order chi connectivity index (χ0) is 14.0. The first-order chi connectivity index (χ1) is 9.02. The van der Waals surface area contributed by atoms with E-state index in [1.807, 2.05) is 19.9 Å².